The van der Waals surface area contributed by atoms with Crippen LogP contribution in [0, 0.1) is 0 Å². The summed E-state index contributed by atoms with van der Waals surface area (Å²) >= 11 is 0. The molecule has 0 aliphatic rings. The van der Waals surface area contributed by atoms with Gasteiger partial charge in [-0.1, -0.05) is 12.2 Å². The highest BCUT2D eigenvalue weighted by Crippen LogP contribution is 2.05. The molecule has 0 aromatic rings. The molecule has 0 fully saturated rings. The number of aliphatic hydroxyl groups is 1. The maximum absolute atomic E-state index is 10.9. The Labute approximate surface area is 91.4 Å². The lowest BCUT2D eigenvalue weighted by Crippen LogP contribution is -2.03. The van der Waals surface area contributed by atoms with Gasteiger partial charge < -0.3 is 9.84 Å². The van der Waals surface area contributed by atoms with Crippen LogP contribution < -0.4 is 0 Å². The average Bonchev–Trinajstić information content (AvgIpc) is 2.18. The van der Waals surface area contributed by atoms with Gasteiger partial charge in [0.05, 0.1) is 12.7 Å². The van der Waals surface area contributed by atoms with Crippen molar-refractivity contribution in [2.24, 2.45) is 0 Å². The maximum atomic E-state index is 10.9. The number of hydrogen-bond acceptors (Lipinski definition) is 3. The zero-order valence-corrected chi connectivity index (χ0v) is 9.32. The summed E-state index contributed by atoms with van der Waals surface area (Å²) in [6.07, 6.45) is 7.62. The van der Waals surface area contributed by atoms with Crippen LogP contribution >= 0.6 is 0 Å². The summed E-state index contributed by atoms with van der Waals surface area (Å²) in [5.41, 5.74) is 0. The Hall–Kier alpha value is -1.09. The van der Waals surface area contributed by atoms with Crippen LogP contribution in [-0.4, -0.2) is 23.8 Å². The molecule has 0 rings (SSSR count). The van der Waals surface area contributed by atoms with Gasteiger partial charge in [-0.25, -0.2) is 4.79 Å². The molecule has 3 nitrogen and oxygen atoms in total. The number of unbranched alkanes of at least 4 members (excludes halogenated alkanes) is 1. The molecule has 0 radical (unpaired) electrons. The Morgan fingerprint density at radius 3 is 2.93 bits per heavy atom. The normalized spacial score (nSPS) is 12.7. The van der Waals surface area contributed by atoms with E-state index in [1.165, 1.54) is 6.08 Å². The molecular formula is C12H20O3. The van der Waals surface area contributed by atoms with E-state index >= 15 is 0 Å². The van der Waals surface area contributed by atoms with E-state index in [4.69, 9.17) is 4.74 Å². The SMILES string of the molecule is C=CC[C@H](O)CCC/C=C/C(=O)OCC. The van der Waals surface area contributed by atoms with Gasteiger partial charge in [-0.15, -0.1) is 6.58 Å². The van der Waals surface area contributed by atoms with Crippen LogP contribution in [0.5, 0.6) is 0 Å². The van der Waals surface area contributed by atoms with Crippen molar-refractivity contribution < 1.29 is 14.6 Å². The predicted octanol–water partition coefficient (Wildman–Crippen LogP) is 2.21. The second-order valence-electron chi connectivity index (χ2n) is 3.26. The quantitative estimate of drug-likeness (QED) is 0.290. The van der Waals surface area contributed by atoms with Crippen LogP contribution in [0.2, 0.25) is 0 Å². The van der Waals surface area contributed by atoms with Gasteiger partial charge in [0.25, 0.3) is 0 Å². The van der Waals surface area contributed by atoms with Gasteiger partial charge in [0.2, 0.25) is 0 Å². The minimum atomic E-state index is -0.307. The largest absolute Gasteiger partial charge is 0.463 e. The molecule has 86 valence electrons. The molecule has 0 bridgehead atoms. The van der Waals surface area contributed by atoms with Crippen molar-refractivity contribution in [3.63, 3.8) is 0 Å². The van der Waals surface area contributed by atoms with Gasteiger partial charge >= 0.3 is 5.97 Å². The van der Waals surface area contributed by atoms with Gasteiger partial charge in [-0.05, 0) is 32.6 Å². The van der Waals surface area contributed by atoms with E-state index in [9.17, 15) is 9.90 Å². The van der Waals surface area contributed by atoms with Crippen LogP contribution in [0.4, 0.5) is 0 Å². The number of ether oxygens (including phenoxy) is 1. The van der Waals surface area contributed by atoms with Gasteiger partial charge in [0, 0.05) is 6.08 Å². The predicted molar refractivity (Wildman–Crippen MR) is 60.4 cm³/mol. The third-order valence-electron chi connectivity index (χ3n) is 1.89. The summed E-state index contributed by atoms with van der Waals surface area (Å²) in [6, 6.07) is 0. The standard InChI is InChI=1S/C12H20O3/c1-3-8-11(13)9-6-5-7-10-12(14)15-4-2/h3,7,10-11,13H,1,4-6,8-9H2,2H3/b10-7+/t11-/m0/s1. The highest BCUT2D eigenvalue weighted by atomic mass is 16.5. The summed E-state index contributed by atoms with van der Waals surface area (Å²) in [5.74, 6) is -0.302. The lowest BCUT2D eigenvalue weighted by atomic mass is 10.1. The Kier molecular flexibility index (Phi) is 8.78. The van der Waals surface area contributed by atoms with Crippen molar-refractivity contribution in [1.29, 1.82) is 0 Å². The fraction of sp³-hybridized carbons (Fsp3) is 0.583. The Morgan fingerprint density at radius 1 is 1.60 bits per heavy atom. The van der Waals surface area contributed by atoms with Crippen molar-refractivity contribution in [1.82, 2.24) is 0 Å². The first kappa shape index (κ1) is 13.9. The molecule has 15 heavy (non-hydrogen) atoms. The molecule has 1 atom stereocenters. The number of allylic oxidation sites excluding steroid dienone is 1. The first-order valence-electron chi connectivity index (χ1n) is 5.33. The highest BCUT2D eigenvalue weighted by Gasteiger charge is 1.99. The van der Waals surface area contributed by atoms with Crippen molar-refractivity contribution >= 4 is 5.97 Å². The van der Waals surface area contributed by atoms with E-state index in [1.54, 1.807) is 19.1 Å². The molecule has 0 aromatic carbocycles. The number of esters is 1. The fourth-order valence-corrected chi connectivity index (χ4v) is 1.15. The fourth-order valence-electron chi connectivity index (χ4n) is 1.15. The van der Waals surface area contributed by atoms with Gasteiger partial charge in [0.15, 0.2) is 0 Å². The van der Waals surface area contributed by atoms with E-state index < -0.39 is 0 Å². The molecular weight excluding hydrogens is 192 g/mol. The molecule has 0 heterocycles. The summed E-state index contributed by atoms with van der Waals surface area (Å²) in [6.45, 7) is 5.73. The lowest BCUT2D eigenvalue weighted by molar-refractivity contribution is -0.137. The van der Waals surface area contributed by atoms with E-state index in [1.807, 2.05) is 0 Å². The number of rotatable bonds is 8. The van der Waals surface area contributed by atoms with Gasteiger partial charge in [-0.3, -0.25) is 0 Å². The summed E-state index contributed by atoms with van der Waals surface area (Å²) in [4.78, 5) is 10.9. The molecule has 0 aliphatic heterocycles. The molecule has 0 aliphatic carbocycles. The molecule has 0 aromatic heterocycles. The number of carbonyl (C=O) groups excluding carboxylic acids is 1. The summed E-state index contributed by atoms with van der Waals surface area (Å²) < 4.78 is 4.72. The van der Waals surface area contributed by atoms with Crippen LogP contribution in [-0.2, 0) is 9.53 Å². The van der Waals surface area contributed by atoms with Crippen LogP contribution in [0.25, 0.3) is 0 Å². The number of hydrogen-bond donors (Lipinski definition) is 1. The molecule has 0 unspecified atom stereocenters. The van der Waals surface area contributed by atoms with Crippen LogP contribution in [0.3, 0.4) is 0 Å². The van der Waals surface area contributed by atoms with Crippen LogP contribution in [0.1, 0.15) is 32.6 Å². The van der Waals surface area contributed by atoms with Crippen molar-refractivity contribution in [3.8, 4) is 0 Å². The van der Waals surface area contributed by atoms with E-state index in [-0.39, 0.29) is 12.1 Å². The third kappa shape index (κ3) is 9.22. The van der Waals surface area contributed by atoms with Crippen LogP contribution in [0.15, 0.2) is 24.8 Å². The Bertz CT molecular complexity index is 209. The third-order valence-corrected chi connectivity index (χ3v) is 1.89. The smallest absolute Gasteiger partial charge is 0.330 e. The molecule has 1 N–H and O–H groups in total. The highest BCUT2D eigenvalue weighted by molar-refractivity contribution is 5.81. The average molecular weight is 212 g/mol. The monoisotopic (exact) mass is 212 g/mol. The summed E-state index contributed by atoms with van der Waals surface area (Å²) in [5, 5.41) is 9.35. The Morgan fingerprint density at radius 2 is 2.33 bits per heavy atom. The van der Waals surface area contributed by atoms with Crippen molar-refractivity contribution in [2.75, 3.05) is 6.61 Å². The summed E-state index contributed by atoms with van der Waals surface area (Å²) in [7, 11) is 0. The Balaban J connectivity index is 3.44. The topological polar surface area (TPSA) is 46.5 Å². The number of aliphatic hydroxyl groups excluding tert-OH is 1. The number of carbonyl (C=O) groups is 1. The molecule has 0 saturated heterocycles. The van der Waals surface area contributed by atoms with E-state index in [0.717, 1.165) is 19.3 Å². The maximum Gasteiger partial charge on any atom is 0.330 e. The molecule has 0 amide bonds. The first-order chi connectivity index (χ1) is 7.20. The minimum absolute atomic E-state index is 0.302. The second kappa shape index (κ2) is 9.46. The van der Waals surface area contributed by atoms with E-state index in [2.05, 4.69) is 6.58 Å². The van der Waals surface area contributed by atoms with E-state index in [0.29, 0.717) is 13.0 Å². The second-order valence-corrected chi connectivity index (χ2v) is 3.26. The molecule has 3 heteroatoms. The van der Waals surface area contributed by atoms with Crippen molar-refractivity contribution in [2.45, 2.75) is 38.7 Å². The minimum Gasteiger partial charge on any atom is -0.463 e. The zero-order valence-electron chi connectivity index (χ0n) is 9.32. The van der Waals surface area contributed by atoms with Gasteiger partial charge in [0.1, 0.15) is 0 Å². The molecule has 0 spiro atoms. The molecule has 0 saturated carbocycles. The zero-order chi connectivity index (χ0) is 11.5. The first-order valence-corrected chi connectivity index (χ1v) is 5.33. The van der Waals surface area contributed by atoms with Crippen molar-refractivity contribution in [3.05, 3.63) is 24.8 Å². The lowest BCUT2D eigenvalue weighted by Gasteiger charge is -2.05. The van der Waals surface area contributed by atoms with Gasteiger partial charge in [-0.2, -0.15) is 0 Å².